The average Bonchev–Trinajstić information content (AvgIpc) is 2.58. The molecular formula is C24H36O2. The van der Waals surface area contributed by atoms with E-state index in [1.807, 2.05) is 37.3 Å². The summed E-state index contributed by atoms with van der Waals surface area (Å²) >= 11 is 0. The number of rotatable bonds is 8. The van der Waals surface area contributed by atoms with Gasteiger partial charge in [-0.25, -0.2) is 0 Å². The van der Waals surface area contributed by atoms with Gasteiger partial charge in [0.15, 0.2) is 0 Å². The standard InChI is InChI=1S/C24H36O2/c1-6-7-8-18-26-21-13-11-20(12-14-21)24(5,25)17-15-22-19(2)10-9-16-23(22,3)4/h11-15,17,25H,6-10,16,18H2,1-5H3/b17-15+. The van der Waals surface area contributed by atoms with Gasteiger partial charge in [0, 0.05) is 0 Å². The molecule has 2 rings (SSSR count). The molecule has 0 heterocycles. The Balaban J connectivity index is 2.07. The van der Waals surface area contributed by atoms with Gasteiger partial charge < -0.3 is 9.84 Å². The van der Waals surface area contributed by atoms with Gasteiger partial charge in [0.05, 0.1) is 6.61 Å². The fourth-order valence-corrected chi connectivity index (χ4v) is 3.78. The molecule has 0 amide bonds. The fourth-order valence-electron chi connectivity index (χ4n) is 3.78. The molecule has 144 valence electrons. The van der Waals surface area contributed by atoms with Gasteiger partial charge in [-0.15, -0.1) is 0 Å². The molecule has 0 saturated heterocycles. The normalized spacial score (nSPS) is 19.6. The van der Waals surface area contributed by atoms with Crippen molar-refractivity contribution < 1.29 is 9.84 Å². The zero-order valence-electron chi connectivity index (χ0n) is 17.3. The third-order valence-corrected chi connectivity index (χ3v) is 5.57. The smallest absolute Gasteiger partial charge is 0.119 e. The molecule has 1 N–H and O–H groups in total. The quantitative estimate of drug-likeness (QED) is 0.535. The van der Waals surface area contributed by atoms with Crippen molar-refractivity contribution >= 4 is 0 Å². The van der Waals surface area contributed by atoms with Crippen molar-refractivity contribution in [1.29, 1.82) is 0 Å². The van der Waals surface area contributed by atoms with E-state index in [2.05, 4.69) is 33.8 Å². The van der Waals surface area contributed by atoms with Crippen LogP contribution in [0, 0.1) is 5.41 Å². The summed E-state index contributed by atoms with van der Waals surface area (Å²) in [7, 11) is 0. The largest absolute Gasteiger partial charge is 0.494 e. The molecule has 1 atom stereocenters. The first kappa shape index (κ1) is 20.8. The van der Waals surface area contributed by atoms with Gasteiger partial charge >= 0.3 is 0 Å². The molecule has 1 unspecified atom stereocenters. The van der Waals surface area contributed by atoms with Crippen LogP contribution < -0.4 is 4.74 Å². The Morgan fingerprint density at radius 3 is 2.50 bits per heavy atom. The van der Waals surface area contributed by atoms with Crippen molar-refractivity contribution in [1.82, 2.24) is 0 Å². The lowest BCUT2D eigenvalue weighted by molar-refractivity contribution is 0.111. The zero-order chi connectivity index (χ0) is 19.2. The van der Waals surface area contributed by atoms with Gasteiger partial charge in [-0.05, 0) is 74.3 Å². The van der Waals surface area contributed by atoms with Crippen LogP contribution in [0.25, 0.3) is 0 Å². The van der Waals surface area contributed by atoms with E-state index in [4.69, 9.17) is 4.74 Å². The predicted octanol–water partition coefficient (Wildman–Crippen LogP) is 6.55. The maximum absolute atomic E-state index is 11.0. The van der Waals surface area contributed by atoms with E-state index >= 15 is 0 Å². The summed E-state index contributed by atoms with van der Waals surface area (Å²) in [6, 6.07) is 7.84. The van der Waals surface area contributed by atoms with Crippen LogP contribution in [0.3, 0.4) is 0 Å². The van der Waals surface area contributed by atoms with Crippen LogP contribution in [0.5, 0.6) is 5.75 Å². The highest BCUT2D eigenvalue weighted by molar-refractivity contribution is 5.37. The van der Waals surface area contributed by atoms with E-state index in [0.717, 1.165) is 30.8 Å². The highest BCUT2D eigenvalue weighted by atomic mass is 16.5. The molecule has 26 heavy (non-hydrogen) atoms. The average molecular weight is 357 g/mol. The van der Waals surface area contributed by atoms with E-state index < -0.39 is 5.60 Å². The minimum atomic E-state index is -0.985. The molecule has 1 aromatic rings. The summed E-state index contributed by atoms with van der Waals surface area (Å²) in [5.74, 6) is 0.872. The minimum absolute atomic E-state index is 0.186. The van der Waals surface area contributed by atoms with Crippen molar-refractivity contribution in [2.24, 2.45) is 5.41 Å². The monoisotopic (exact) mass is 356 g/mol. The van der Waals surface area contributed by atoms with Crippen LogP contribution in [0.15, 0.2) is 47.6 Å². The Bertz CT molecular complexity index is 633. The van der Waals surface area contributed by atoms with Gasteiger partial charge in [0.25, 0.3) is 0 Å². The topological polar surface area (TPSA) is 29.5 Å². The highest BCUT2D eigenvalue weighted by Crippen LogP contribution is 2.41. The summed E-state index contributed by atoms with van der Waals surface area (Å²) < 4.78 is 5.77. The lowest BCUT2D eigenvalue weighted by Gasteiger charge is -2.33. The van der Waals surface area contributed by atoms with E-state index in [1.165, 1.54) is 36.8 Å². The SMILES string of the molecule is CCCCCOc1ccc(C(C)(O)/C=C/C2=C(C)CCCC2(C)C)cc1. The molecule has 0 bridgehead atoms. The summed E-state index contributed by atoms with van der Waals surface area (Å²) in [5.41, 5.74) is 2.91. The van der Waals surface area contributed by atoms with E-state index in [9.17, 15) is 5.11 Å². The van der Waals surface area contributed by atoms with Gasteiger partial charge in [0.1, 0.15) is 11.4 Å². The molecule has 1 aliphatic carbocycles. The number of unbranched alkanes of at least 4 members (excludes halogenated alkanes) is 2. The summed E-state index contributed by atoms with van der Waals surface area (Å²) in [6.07, 6.45) is 11.2. The lowest BCUT2D eigenvalue weighted by atomic mass is 9.72. The van der Waals surface area contributed by atoms with Gasteiger partial charge in [0.2, 0.25) is 0 Å². The molecule has 0 fully saturated rings. The number of ether oxygens (including phenoxy) is 1. The Hall–Kier alpha value is -1.54. The highest BCUT2D eigenvalue weighted by Gasteiger charge is 2.28. The van der Waals surface area contributed by atoms with Crippen molar-refractivity contribution in [3.05, 3.63) is 53.1 Å². The predicted molar refractivity (Wildman–Crippen MR) is 111 cm³/mol. The van der Waals surface area contributed by atoms with Crippen LogP contribution in [0.1, 0.15) is 78.7 Å². The Kier molecular flexibility index (Phi) is 7.11. The van der Waals surface area contributed by atoms with Crippen LogP contribution in [-0.2, 0) is 5.60 Å². The molecule has 0 saturated carbocycles. The minimum Gasteiger partial charge on any atom is -0.494 e. The van der Waals surface area contributed by atoms with Crippen molar-refractivity contribution in [3.63, 3.8) is 0 Å². The van der Waals surface area contributed by atoms with Crippen LogP contribution in [0.2, 0.25) is 0 Å². The number of hydrogen-bond donors (Lipinski definition) is 1. The number of allylic oxidation sites excluding steroid dienone is 3. The number of aliphatic hydroxyl groups is 1. The third kappa shape index (κ3) is 5.48. The lowest BCUT2D eigenvalue weighted by Crippen LogP contribution is -2.21. The molecule has 0 aliphatic heterocycles. The fraction of sp³-hybridized carbons (Fsp3) is 0.583. The van der Waals surface area contributed by atoms with Crippen molar-refractivity contribution in [2.75, 3.05) is 6.61 Å². The molecule has 2 heteroatoms. The van der Waals surface area contributed by atoms with Gasteiger partial charge in [-0.1, -0.05) is 57.4 Å². The van der Waals surface area contributed by atoms with Crippen LogP contribution in [0.4, 0.5) is 0 Å². The molecule has 2 nitrogen and oxygen atoms in total. The van der Waals surface area contributed by atoms with Gasteiger partial charge in [-0.3, -0.25) is 0 Å². The molecule has 1 aromatic carbocycles. The first-order chi connectivity index (χ1) is 12.3. The van der Waals surface area contributed by atoms with Crippen LogP contribution >= 0.6 is 0 Å². The second-order valence-corrected chi connectivity index (χ2v) is 8.49. The molecule has 0 aromatic heterocycles. The van der Waals surface area contributed by atoms with Crippen molar-refractivity contribution in [3.8, 4) is 5.75 Å². The van der Waals surface area contributed by atoms with Crippen molar-refractivity contribution in [2.45, 2.75) is 78.7 Å². The molecule has 0 spiro atoms. The summed E-state index contributed by atoms with van der Waals surface area (Å²) in [4.78, 5) is 0. The zero-order valence-corrected chi connectivity index (χ0v) is 17.3. The summed E-state index contributed by atoms with van der Waals surface area (Å²) in [5, 5.41) is 11.0. The second kappa shape index (κ2) is 8.90. The maximum Gasteiger partial charge on any atom is 0.119 e. The molecular weight excluding hydrogens is 320 g/mol. The Labute approximate surface area is 160 Å². The first-order valence-electron chi connectivity index (χ1n) is 10.1. The number of benzene rings is 1. The maximum atomic E-state index is 11.0. The number of hydrogen-bond acceptors (Lipinski definition) is 2. The second-order valence-electron chi connectivity index (χ2n) is 8.49. The Morgan fingerprint density at radius 1 is 1.19 bits per heavy atom. The Morgan fingerprint density at radius 2 is 1.88 bits per heavy atom. The van der Waals surface area contributed by atoms with E-state index in [1.54, 1.807) is 0 Å². The van der Waals surface area contributed by atoms with E-state index in [-0.39, 0.29) is 5.41 Å². The molecule has 1 aliphatic rings. The molecule has 0 radical (unpaired) electrons. The first-order valence-corrected chi connectivity index (χ1v) is 10.1. The third-order valence-electron chi connectivity index (χ3n) is 5.57. The van der Waals surface area contributed by atoms with Crippen LogP contribution in [-0.4, -0.2) is 11.7 Å². The van der Waals surface area contributed by atoms with Gasteiger partial charge in [-0.2, -0.15) is 0 Å². The van der Waals surface area contributed by atoms with E-state index in [0.29, 0.717) is 0 Å². The summed E-state index contributed by atoms with van der Waals surface area (Å²) in [6.45, 7) is 11.6.